The van der Waals surface area contributed by atoms with E-state index in [0.29, 0.717) is 0 Å². The summed E-state index contributed by atoms with van der Waals surface area (Å²) in [6.07, 6.45) is 1.94. The van der Waals surface area contributed by atoms with Crippen LogP contribution in [0.5, 0.6) is 5.75 Å². The van der Waals surface area contributed by atoms with Crippen molar-refractivity contribution < 1.29 is 9.84 Å². The van der Waals surface area contributed by atoms with E-state index >= 15 is 0 Å². The molecule has 1 aromatic carbocycles. The van der Waals surface area contributed by atoms with Gasteiger partial charge in [0.25, 0.3) is 0 Å². The van der Waals surface area contributed by atoms with E-state index < -0.39 is 0 Å². The third kappa shape index (κ3) is 1.30. The Kier molecular flexibility index (Phi) is 2.00. The van der Waals surface area contributed by atoms with Crippen molar-refractivity contribution in [2.45, 2.75) is 18.9 Å². The summed E-state index contributed by atoms with van der Waals surface area (Å²) in [5, 5.41) is 8.89. The van der Waals surface area contributed by atoms with Gasteiger partial charge in [0.05, 0.1) is 6.61 Å². The Morgan fingerprint density at radius 2 is 2.25 bits per heavy atom. The number of fused-ring (bicyclic) bond motifs is 1. The molecular formula is C10H12O2. The summed E-state index contributed by atoms with van der Waals surface area (Å²) < 4.78 is 5.53. The van der Waals surface area contributed by atoms with Gasteiger partial charge in [-0.3, -0.25) is 0 Å². The predicted molar refractivity (Wildman–Crippen MR) is 46.3 cm³/mol. The molecule has 0 spiro atoms. The highest BCUT2D eigenvalue weighted by Crippen LogP contribution is 2.26. The second kappa shape index (κ2) is 3.15. The van der Waals surface area contributed by atoms with Crippen LogP contribution in [0.2, 0.25) is 0 Å². The van der Waals surface area contributed by atoms with Crippen molar-refractivity contribution in [1.29, 1.82) is 0 Å². The summed E-state index contributed by atoms with van der Waals surface area (Å²) >= 11 is 0. The molecule has 1 aromatic rings. The molecule has 0 fully saturated rings. The second-order valence-corrected chi connectivity index (χ2v) is 3.07. The SMILES string of the molecule is OC[C@H]1CCc2ccccc2O1. The fraction of sp³-hybridized carbons (Fsp3) is 0.400. The molecule has 2 heteroatoms. The topological polar surface area (TPSA) is 29.5 Å². The largest absolute Gasteiger partial charge is 0.488 e. The zero-order valence-corrected chi connectivity index (χ0v) is 6.86. The molecule has 1 N–H and O–H groups in total. The van der Waals surface area contributed by atoms with E-state index in [1.807, 2.05) is 18.2 Å². The van der Waals surface area contributed by atoms with Crippen LogP contribution in [0.3, 0.4) is 0 Å². The maximum Gasteiger partial charge on any atom is 0.123 e. The first kappa shape index (κ1) is 7.62. The summed E-state index contributed by atoms with van der Waals surface area (Å²) in [6.45, 7) is 0.119. The van der Waals surface area contributed by atoms with Crippen LogP contribution in [-0.2, 0) is 6.42 Å². The Balaban J connectivity index is 2.23. The quantitative estimate of drug-likeness (QED) is 0.679. The standard InChI is InChI=1S/C10H12O2/c11-7-9-6-5-8-3-1-2-4-10(8)12-9/h1-4,9,11H,5-7H2/t9-/m1/s1. The van der Waals surface area contributed by atoms with Crippen LogP contribution in [0.1, 0.15) is 12.0 Å². The van der Waals surface area contributed by atoms with Crippen LogP contribution >= 0.6 is 0 Å². The zero-order valence-electron chi connectivity index (χ0n) is 6.86. The Morgan fingerprint density at radius 1 is 1.42 bits per heavy atom. The van der Waals surface area contributed by atoms with E-state index in [-0.39, 0.29) is 12.7 Å². The van der Waals surface area contributed by atoms with Gasteiger partial charge in [0.15, 0.2) is 0 Å². The molecule has 0 saturated carbocycles. The van der Waals surface area contributed by atoms with E-state index in [4.69, 9.17) is 9.84 Å². The van der Waals surface area contributed by atoms with Crippen molar-refractivity contribution in [2.75, 3.05) is 6.61 Å². The summed E-state index contributed by atoms with van der Waals surface area (Å²) in [5.41, 5.74) is 1.25. The molecule has 64 valence electrons. The second-order valence-electron chi connectivity index (χ2n) is 3.07. The monoisotopic (exact) mass is 164 g/mol. The van der Waals surface area contributed by atoms with Crippen molar-refractivity contribution >= 4 is 0 Å². The van der Waals surface area contributed by atoms with Crippen molar-refractivity contribution in [3.05, 3.63) is 29.8 Å². The third-order valence-electron chi connectivity index (χ3n) is 2.21. The molecule has 0 amide bonds. The Bertz CT molecular complexity index is 270. The fourth-order valence-corrected chi connectivity index (χ4v) is 1.51. The highest BCUT2D eigenvalue weighted by Gasteiger charge is 2.17. The molecule has 0 bridgehead atoms. The molecule has 2 rings (SSSR count). The minimum Gasteiger partial charge on any atom is -0.488 e. The number of hydrogen-bond acceptors (Lipinski definition) is 2. The molecule has 1 aliphatic heterocycles. The van der Waals surface area contributed by atoms with Gasteiger partial charge in [-0.15, -0.1) is 0 Å². The molecular weight excluding hydrogens is 152 g/mol. The molecule has 0 unspecified atom stereocenters. The van der Waals surface area contributed by atoms with Crippen molar-refractivity contribution in [3.8, 4) is 5.75 Å². The lowest BCUT2D eigenvalue weighted by Crippen LogP contribution is -2.25. The lowest BCUT2D eigenvalue weighted by atomic mass is 10.0. The van der Waals surface area contributed by atoms with Gasteiger partial charge in [-0.05, 0) is 24.5 Å². The normalized spacial score (nSPS) is 21.2. The van der Waals surface area contributed by atoms with Crippen LogP contribution in [-0.4, -0.2) is 17.8 Å². The molecule has 12 heavy (non-hydrogen) atoms. The van der Waals surface area contributed by atoms with Gasteiger partial charge in [0.1, 0.15) is 11.9 Å². The highest BCUT2D eigenvalue weighted by molar-refractivity contribution is 5.35. The van der Waals surface area contributed by atoms with Crippen LogP contribution in [0.25, 0.3) is 0 Å². The van der Waals surface area contributed by atoms with Gasteiger partial charge >= 0.3 is 0 Å². The maximum atomic E-state index is 8.89. The number of aliphatic hydroxyl groups excluding tert-OH is 1. The van der Waals surface area contributed by atoms with Gasteiger partial charge in [-0.2, -0.15) is 0 Å². The first-order valence-corrected chi connectivity index (χ1v) is 4.25. The van der Waals surface area contributed by atoms with Crippen LogP contribution in [0, 0.1) is 0 Å². The molecule has 1 atom stereocenters. The molecule has 1 aliphatic rings. The number of aliphatic hydroxyl groups is 1. The van der Waals surface area contributed by atoms with Gasteiger partial charge in [0.2, 0.25) is 0 Å². The lowest BCUT2D eigenvalue weighted by Gasteiger charge is -2.24. The highest BCUT2D eigenvalue weighted by atomic mass is 16.5. The number of hydrogen-bond donors (Lipinski definition) is 1. The third-order valence-corrected chi connectivity index (χ3v) is 2.21. The van der Waals surface area contributed by atoms with E-state index in [1.54, 1.807) is 0 Å². The molecule has 1 heterocycles. The summed E-state index contributed by atoms with van der Waals surface area (Å²) in [5.74, 6) is 0.933. The minimum atomic E-state index is -0.0000926. The van der Waals surface area contributed by atoms with Gasteiger partial charge in [-0.1, -0.05) is 18.2 Å². The summed E-state index contributed by atoms with van der Waals surface area (Å²) in [6, 6.07) is 8.00. The van der Waals surface area contributed by atoms with Gasteiger partial charge in [0, 0.05) is 0 Å². The molecule has 2 nitrogen and oxygen atoms in total. The lowest BCUT2D eigenvalue weighted by molar-refractivity contribution is 0.0978. The van der Waals surface area contributed by atoms with Crippen LogP contribution < -0.4 is 4.74 Å². The van der Waals surface area contributed by atoms with Gasteiger partial charge < -0.3 is 9.84 Å². The molecule has 0 aromatic heterocycles. The van der Waals surface area contributed by atoms with E-state index in [0.717, 1.165) is 18.6 Å². The Hall–Kier alpha value is -1.02. The number of rotatable bonds is 1. The Labute approximate surface area is 71.8 Å². The number of aryl methyl sites for hydroxylation is 1. The molecule has 0 aliphatic carbocycles. The fourth-order valence-electron chi connectivity index (χ4n) is 1.51. The van der Waals surface area contributed by atoms with Crippen LogP contribution in [0.15, 0.2) is 24.3 Å². The average molecular weight is 164 g/mol. The number of benzene rings is 1. The van der Waals surface area contributed by atoms with Gasteiger partial charge in [-0.25, -0.2) is 0 Å². The Morgan fingerprint density at radius 3 is 3.08 bits per heavy atom. The van der Waals surface area contributed by atoms with Crippen molar-refractivity contribution in [3.63, 3.8) is 0 Å². The summed E-state index contributed by atoms with van der Waals surface area (Å²) in [4.78, 5) is 0. The molecule has 0 saturated heterocycles. The first-order chi connectivity index (χ1) is 5.90. The smallest absolute Gasteiger partial charge is 0.123 e. The van der Waals surface area contributed by atoms with Crippen LogP contribution in [0.4, 0.5) is 0 Å². The number of para-hydroxylation sites is 1. The first-order valence-electron chi connectivity index (χ1n) is 4.25. The average Bonchev–Trinajstić information content (AvgIpc) is 2.17. The van der Waals surface area contributed by atoms with Crippen molar-refractivity contribution in [2.24, 2.45) is 0 Å². The van der Waals surface area contributed by atoms with E-state index in [2.05, 4.69) is 6.07 Å². The maximum absolute atomic E-state index is 8.89. The number of ether oxygens (including phenoxy) is 1. The predicted octanol–water partition coefficient (Wildman–Crippen LogP) is 1.37. The zero-order chi connectivity index (χ0) is 8.39. The van der Waals surface area contributed by atoms with E-state index in [1.165, 1.54) is 5.56 Å². The summed E-state index contributed by atoms with van der Waals surface area (Å²) in [7, 11) is 0. The molecule has 0 radical (unpaired) electrons. The minimum absolute atomic E-state index is 0.0000926. The van der Waals surface area contributed by atoms with Crippen molar-refractivity contribution in [1.82, 2.24) is 0 Å². The van der Waals surface area contributed by atoms with E-state index in [9.17, 15) is 0 Å².